The molecule has 3 nitrogen and oxygen atoms in total. The van der Waals surface area contributed by atoms with E-state index in [1.54, 1.807) is 19.2 Å². The first kappa shape index (κ1) is 20.4. The molecular formula is C19H25FIN3. The molecule has 2 rings (SSSR count). The Balaban J connectivity index is 0.00000288. The summed E-state index contributed by atoms with van der Waals surface area (Å²) in [6.07, 6.45) is 2.06. The van der Waals surface area contributed by atoms with Crippen LogP contribution >= 0.6 is 24.0 Å². The summed E-state index contributed by atoms with van der Waals surface area (Å²) in [5.41, 5.74) is 2.36. The van der Waals surface area contributed by atoms with Crippen LogP contribution in [0.5, 0.6) is 0 Å². The van der Waals surface area contributed by atoms with Crippen molar-refractivity contribution in [2.45, 2.75) is 32.4 Å². The summed E-state index contributed by atoms with van der Waals surface area (Å²) < 4.78 is 12.9. The summed E-state index contributed by atoms with van der Waals surface area (Å²) in [7, 11) is 1.75. The minimum Gasteiger partial charge on any atom is -0.354 e. The van der Waals surface area contributed by atoms with Crippen molar-refractivity contribution < 1.29 is 4.39 Å². The number of rotatable bonds is 6. The van der Waals surface area contributed by atoms with E-state index >= 15 is 0 Å². The first-order valence-electron chi connectivity index (χ1n) is 7.93. The highest BCUT2D eigenvalue weighted by Gasteiger charge is 2.05. The van der Waals surface area contributed by atoms with E-state index in [-0.39, 0.29) is 29.8 Å². The number of nitrogens with zero attached hydrogens (tertiary/aromatic N) is 1. The number of hydrogen-bond acceptors (Lipinski definition) is 1. The molecular weight excluding hydrogens is 416 g/mol. The van der Waals surface area contributed by atoms with E-state index in [1.807, 2.05) is 6.07 Å². The second-order valence-electron chi connectivity index (χ2n) is 5.62. The number of hydrogen-bond donors (Lipinski definition) is 2. The molecule has 0 saturated carbocycles. The average molecular weight is 441 g/mol. The van der Waals surface area contributed by atoms with E-state index in [1.165, 1.54) is 17.7 Å². The molecule has 0 heterocycles. The molecule has 0 aliphatic carbocycles. The Kier molecular flexibility index (Phi) is 9.37. The van der Waals surface area contributed by atoms with Gasteiger partial charge in [0.25, 0.3) is 0 Å². The fraction of sp³-hybridized carbons (Fsp3) is 0.316. The van der Waals surface area contributed by atoms with Crippen LogP contribution in [0, 0.1) is 5.82 Å². The van der Waals surface area contributed by atoms with E-state index < -0.39 is 0 Å². The third-order valence-corrected chi connectivity index (χ3v) is 3.69. The van der Waals surface area contributed by atoms with E-state index in [0.717, 1.165) is 24.4 Å². The van der Waals surface area contributed by atoms with Crippen LogP contribution in [0.1, 0.15) is 24.5 Å². The molecule has 0 amide bonds. The molecule has 0 fully saturated rings. The van der Waals surface area contributed by atoms with Crippen LogP contribution in [0.2, 0.25) is 0 Å². The monoisotopic (exact) mass is 441 g/mol. The predicted molar refractivity (Wildman–Crippen MR) is 109 cm³/mol. The number of aliphatic imine (C=N–C) groups is 1. The first-order chi connectivity index (χ1) is 11.2. The Morgan fingerprint density at radius 2 is 1.71 bits per heavy atom. The van der Waals surface area contributed by atoms with Crippen LogP contribution in [0.15, 0.2) is 59.6 Å². The molecule has 130 valence electrons. The highest BCUT2D eigenvalue weighted by atomic mass is 127. The van der Waals surface area contributed by atoms with Crippen LogP contribution in [-0.2, 0) is 13.0 Å². The van der Waals surface area contributed by atoms with Gasteiger partial charge in [-0.05, 0) is 43.0 Å². The van der Waals surface area contributed by atoms with Gasteiger partial charge in [0.1, 0.15) is 5.82 Å². The summed E-state index contributed by atoms with van der Waals surface area (Å²) >= 11 is 0. The fourth-order valence-corrected chi connectivity index (χ4v) is 2.32. The zero-order chi connectivity index (χ0) is 16.5. The van der Waals surface area contributed by atoms with Crippen molar-refractivity contribution >= 4 is 29.9 Å². The molecule has 0 spiro atoms. The van der Waals surface area contributed by atoms with Gasteiger partial charge >= 0.3 is 0 Å². The smallest absolute Gasteiger partial charge is 0.191 e. The minimum absolute atomic E-state index is 0. The summed E-state index contributed by atoms with van der Waals surface area (Å²) in [6.45, 7) is 2.76. The van der Waals surface area contributed by atoms with Gasteiger partial charge in [-0.3, -0.25) is 4.99 Å². The zero-order valence-corrected chi connectivity index (χ0v) is 16.5. The van der Waals surface area contributed by atoms with Gasteiger partial charge in [0.15, 0.2) is 5.96 Å². The molecule has 2 aromatic rings. The molecule has 0 aliphatic heterocycles. The maximum Gasteiger partial charge on any atom is 0.191 e. The van der Waals surface area contributed by atoms with Gasteiger partial charge in [-0.2, -0.15) is 0 Å². The maximum absolute atomic E-state index is 12.9. The number of guanidine groups is 1. The lowest BCUT2D eigenvalue weighted by atomic mass is 10.1. The molecule has 0 aromatic heterocycles. The van der Waals surface area contributed by atoms with Crippen molar-refractivity contribution in [1.82, 2.24) is 10.6 Å². The van der Waals surface area contributed by atoms with E-state index in [9.17, 15) is 4.39 Å². The van der Waals surface area contributed by atoms with Gasteiger partial charge < -0.3 is 10.6 Å². The Morgan fingerprint density at radius 3 is 2.33 bits per heavy atom. The van der Waals surface area contributed by atoms with Crippen molar-refractivity contribution in [2.24, 2.45) is 4.99 Å². The maximum atomic E-state index is 12.9. The Labute approximate surface area is 160 Å². The molecule has 1 unspecified atom stereocenters. The van der Waals surface area contributed by atoms with Crippen LogP contribution in [0.3, 0.4) is 0 Å². The van der Waals surface area contributed by atoms with E-state index in [0.29, 0.717) is 12.6 Å². The summed E-state index contributed by atoms with van der Waals surface area (Å²) in [6, 6.07) is 17.3. The van der Waals surface area contributed by atoms with Crippen LogP contribution in [0.25, 0.3) is 0 Å². The lowest BCUT2D eigenvalue weighted by Gasteiger charge is -2.18. The van der Waals surface area contributed by atoms with Crippen molar-refractivity contribution in [3.05, 3.63) is 71.5 Å². The quantitative estimate of drug-likeness (QED) is 0.402. The Bertz CT molecular complexity index is 614. The molecule has 0 bridgehead atoms. The molecule has 2 aromatic carbocycles. The normalized spacial score (nSPS) is 12.2. The van der Waals surface area contributed by atoms with Gasteiger partial charge in [0.05, 0.1) is 0 Å². The molecule has 0 saturated heterocycles. The minimum atomic E-state index is -0.217. The second-order valence-corrected chi connectivity index (χ2v) is 5.62. The Morgan fingerprint density at radius 1 is 1.04 bits per heavy atom. The van der Waals surface area contributed by atoms with Crippen molar-refractivity contribution in [2.75, 3.05) is 7.05 Å². The number of halogens is 2. The fourth-order valence-electron chi connectivity index (χ4n) is 2.32. The molecule has 0 radical (unpaired) electrons. The molecule has 5 heteroatoms. The lowest BCUT2D eigenvalue weighted by molar-refractivity contribution is 0.593. The highest BCUT2D eigenvalue weighted by Crippen LogP contribution is 2.05. The van der Waals surface area contributed by atoms with Crippen molar-refractivity contribution in [3.63, 3.8) is 0 Å². The summed E-state index contributed by atoms with van der Waals surface area (Å²) in [5.74, 6) is 0.542. The van der Waals surface area contributed by atoms with Crippen molar-refractivity contribution in [3.8, 4) is 0 Å². The standard InChI is InChI=1S/C19H24FN3.HI/c1-15(8-9-16-6-4-3-5-7-16)23-19(21-2)22-14-17-10-12-18(20)13-11-17;/h3-7,10-13,15H,8-9,14H2,1-2H3,(H2,21,22,23);1H. The zero-order valence-electron chi connectivity index (χ0n) is 14.1. The second kappa shape index (κ2) is 11.0. The molecule has 2 N–H and O–H groups in total. The van der Waals surface area contributed by atoms with Crippen LogP contribution in [0.4, 0.5) is 4.39 Å². The van der Waals surface area contributed by atoms with E-state index in [4.69, 9.17) is 0 Å². The Hall–Kier alpha value is -1.63. The van der Waals surface area contributed by atoms with Gasteiger partial charge in [0.2, 0.25) is 0 Å². The third kappa shape index (κ3) is 7.29. The highest BCUT2D eigenvalue weighted by molar-refractivity contribution is 14.0. The van der Waals surface area contributed by atoms with Gasteiger partial charge in [-0.15, -0.1) is 24.0 Å². The van der Waals surface area contributed by atoms with Crippen LogP contribution in [-0.4, -0.2) is 19.0 Å². The predicted octanol–water partition coefficient (Wildman–Crippen LogP) is 4.13. The van der Waals surface area contributed by atoms with Crippen LogP contribution < -0.4 is 10.6 Å². The largest absolute Gasteiger partial charge is 0.354 e. The van der Waals surface area contributed by atoms with Gasteiger partial charge in [0, 0.05) is 19.6 Å². The SMILES string of the molecule is CN=C(NCc1ccc(F)cc1)NC(C)CCc1ccccc1.I. The third-order valence-electron chi connectivity index (χ3n) is 3.69. The lowest BCUT2D eigenvalue weighted by Crippen LogP contribution is -2.42. The number of benzene rings is 2. The molecule has 0 aliphatic rings. The number of aryl methyl sites for hydroxylation is 1. The average Bonchev–Trinajstić information content (AvgIpc) is 2.59. The first-order valence-corrected chi connectivity index (χ1v) is 7.93. The van der Waals surface area contributed by atoms with Gasteiger partial charge in [-0.25, -0.2) is 4.39 Å². The molecule has 24 heavy (non-hydrogen) atoms. The van der Waals surface area contributed by atoms with E-state index in [2.05, 4.69) is 46.8 Å². The summed E-state index contributed by atoms with van der Waals surface area (Å²) in [4.78, 5) is 4.24. The summed E-state index contributed by atoms with van der Waals surface area (Å²) in [5, 5.41) is 6.63. The van der Waals surface area contributed by atoms with Crippen molar-refractivity contribution in [1.29, 1.82) is 0 Å². The topological polar surface area (TPSA) is 36.4 Å². The number of nitrogens with one attached hydrogen (secondary N) is 2. The van der Waals surface area contributed by atoms with Gasteiger partial charge in [-0.1, -0.05) is 42.5 Å². The molecule has 1 atom stereocenters.